The summed E-state index contributed by atoms with van der Waals surface area (Å²) in [7, 11) is 0. The van der Waals surface area contributed by atoms with E-state index in [-0.39, 0.29) is 11.6 Å². The number of hydrogen-bond acceptors (Lipinski definition) is 11. The van der Waals surface area contributed by atoms with Crippen molar-refractivity contribution >= 4 is 34.3 Å². The van der Waals surface area contributed by atoms with Crippen LogP contribution in [0.2, 0.25) is 0 Å². The largest absolute Gasteiger partial charge is 0.863 e. The van der Waals surface area contributed by atoms with Gasteiger partial charge in [-0.05, 0) is 26.0 Å². The first-order valence-corrected chi connectivity index (χ1v) is 11.0. The summed E-state index contributed by atoms with van der Waals surface area (Å²) < 4.78 is 10.9. The van der Waals surface area contributed by atoms with Gasteiger partial charge in [-0.1, -0.05) is 18.2 Å². The number of anilines is 1. The Bertz CT molecular complexity index is 1400. The molecule has 39 heavy (non-hydrogen) atoms. The van der Waals surface area contributed by atoms with Gasteiger partial charge in [0.15, 0.2) is 10.7 Å². The topological polar surface area (TPSA) is 228 Å². The Kier molecular flexibility index (Phi) is 10.1. The van der Waals surface area contributed by atoms with E-state index in [9.17, 15) is 40.2 Å². The minimum Gasteiger partial charge on any atom is -0.863 e. The van der Waals surface area contributed by atoms with Crippen LogP contribution in [0.1, 0.15) is 24.2 Å². The number of nitro groups is 3. The van der Waals surface area contributed by atoms with Gasteiger partial charge in [-0.15, -0.1) is 0 Å². The van der Waals surface area contributed by atoms with Gasteiger partial charge in [-0.2, -0.15) is 0 Å². The van der Waals surface area contributed by atoms with E-state index in [0.29, 0.717) is 48.1 Å². The highest BCUT2D eigenvalue weighted by molar-refractivity contribution is 6.05. The second-order valence-electron chi connectivity index (χ2n) is 7.19. The summed E-state index contributed by atoms with van der Waals surface area (Å²) in [4.78, 5) is 43.0. The van der Waals surface area contributed by atoms with Crippen molar-refractivity contribution in [1.82, 2.24) is 0 Å². The molecule has 0 atom stereocenters. The highest BCUT2D eigenvalue weighted by atomic mass is 16.6. The number of ether oxygens (including phenoxy) is 2. The van der Waals surface area contributed by atoms with Crippen molar-refractivity contribution in [3.05, 3.63) is 95.5 Å². The van der Waals surface area contributed by atoms with Crippen molar-refractivity contribution in [2.75, 3.05) is 18.5 Å². The third kappa shape index (κ3) is 7.57. The maximum atomic E-state index is 12.3. The minimum absolute atomic E-state index is 0.244. The van der Waals surface area contributed by atoms with E-state index in [0.717, 1.165) is 0 Å². The summed E-state index contributed by atoms with van der Waals surface area (Å²) in [5.41, 5.74) is -2.03. The molecule has 16 nitrogen and oxygen atoms in total. The molecule has 3 rings (SSSR count). The van der Waals surface area contributed by atoms with Crippen LogP contribution in [0.3, 0.4) is 0 Å². The molecule has 0 aliphatic rings. The van der Waals surface area contributed by atoms with Crippen molar-refractivity contribution in [2.24, 2.45) is 0 Å². The summed E-state index contributed by atoms with van der Waals surface area (Å²) in [5.74, 6) is -0.946. The fourth-order valence-electron chi connectivity index (χ4n) is 3.02. The van der Waals surface area contributed by atoms with Crippen LogP contribution in [0.5, 0.6) is 17.2 Å². The van der Waals surface area contributed by atoms with E-state index < -0.39 is 37.6 Å². The average Bonchev–Trinajstić information content (AvgIpc) is 2.90. The predicted molar refractivity (Wildman–Crippen MR) is 134 cm³/mol. The molecule has 0 saturated carbocycles. The molecular weight excluding hydrogens is 520 g/mol. The SMILES string of the molecule is CCOc1cc(NC(=O)c2ccccc2)c(OCC)cc1[N+]#N.O=[N+]([O-])c1cc([N+](=O)[O-])c([O-])c([N+](=O)[O-])c1. The maximum Gasteiger partial charge on any atom is 0.430 e. The Labute approximate surface area is 219 Å². The molecule has 0 radical (unpaired) electrons. The van der Waals surface area contributed by atoms with E-state index in [1.165, 1.54) is 6.07 Å². The number of nitrogens with zero attached hydrogens (tertiary/aromatic N) is 5. The number of amides is 1. The van der Waals surface area contributed by atoms with Gasteiger partial charge in [0.2, 0.25) is 11.1 Å². The number of non-ortho nitro benzene ring substituents is 1. The predicted octanol–water partition coefficient (Wildman–Crippen LogP) is 4.71. The number of rotatable bonds is 9. The zero-order valence-electron chi connectivity index (χ0n) is 20.4. The minimum atomic E-state index is -1.46. The lowest BCUT2D eigenvalue weighted by molar-refractivity contribution is -0.420. The molecule has 0 aliphatic carbocycles. The van der Waals surface area contributed by atoms with Gasteiger partial charge in [0.1, 0.15) is 0 Å². The smallest absolute Gasteiger partial charge is 0.430 e. The second-order valence-corrected chi connectivity index (χ2v) is 7.19. The van der Waals surface area contributed by atoms with Gasteiger partial charge in [-0.3, -0.25) is 35.1 Å². The van der Waals surface area contributed by atoms with Gasteiger partial charge < -0.3 is 19.9 Å². The van der Waals surface area contributed by atoms with Crippen molar-refractivity contribution in [2.45, 2.75) is 13.8 Å². The lowest BCUT2D eigenvalue weighted by Crippen LogP contribution is -2.13. The number of diazo groups is 1. The Morgan fingerprint density at radius 2 is 1.41 bits per heavy atom. The number of benzene rings is 3. The first-order chi connectivity index (χ1) is 18.5. The molecule has 1 amide bonds. The van der Waals surface area contributed by atoms with E-state index in [4.69, 9.17) is 14.9 Å². The zero-order chi connectivity index (χ0) is 29.1. The van der Waals surface area contributed by atoms with E-state index in [1.54, 1.807) is 30.3 Å². The number of carbonyl (C=O) groups excluding carboxylic acids is 1. The van der Waals surface area contributed by atoms with Gasteiger partial charge in [-0.25, -0.2) is 0 Å². The molecule has 16 heteroatoms. The highest BCUT2D eigenvalue weighted by Gasteiger charge is 2.25. The van der Waals surface area contributed by atoms with Crippen molar-refractivity contribution in [3.8, 4) is 17.2 Å². The quantitative estimate of drug-likeness (QED) is 0.222. The molecular formula is C23H20N6O10. The third-order valence-corrected chi connectivity index (χ3v) is 4.69. The molecule has 0 heterocycles. The molecule has 0 bridgehead atoms. The summed E-state index contributed by atoms with van der Waals surface area (Å²) in [6.45, 7) is 4.46. The van der Waals surface area contributed by atoms with Crippen LogP contribution in [0.15, 0.2) is 54.6 Å². The number of carbonyl (C=O) groups is 1. The van der Waals surface area contributed by atoms with Crippen LogP contribution >= 0.6 is 0 Å². The van der Waals surface area contributed by atoms with Crippen LogP contribution in [-0.2, 0) is 0 Å². The number of nitrogens with one attached hydrogen (secondary N) is 1. The summed E-state index contributed by atoms with van der Waals surface area (Å²) in [6.07, 6.45) is 0. The average molecular weight is 540 g/mol. The van der Waals surface area contributed by atoms with E-state index >= 15 is 0 Å². The summed E-state index contributed by atoms with van der Waals surface area (Å²) in [6, 6.07) is 12.7. The lowest BCUT2D eigenvalue weighted by atomic mass is 10.2. The monoisotopic (exact) mass is 540 g/mol. The standard InChI is InChI=1S/C17H17N3O3.C6H3N3O7/c1-3-22-15-11-14(20-18)16(23-4-2)10-13(15)19-17(21)12-8-6-5-7-9-12;10-6-4(8(13)14)1-3(7(11)12)2-5(6)9(15)16/h5-11H,3-4H2,1-2H3;1-2,10H. The number of nitro benzene ring substituents is 3. The zero-order valence-corrected chi connectivity index (χ0v) is 20.4. The summed E-state index contributed by atoms with van der Waals surface area (Å²) >= 11 is 0. The first kappa shape index (κ1) is 29.4. The van der Waals surface area contributed by atoms with E-state index in [1.807, 2.05) is 19.9 Å². The van der Waals surface area contributed by atoms with Gasteiger partial charge in [0.05, 0.1) is 57.6 Å². The molecule has 0 spiro atoms. The first-order valence-electron chi connectivity index (χ1n) is 11.0. The number of hydrogen-bond donors (Lipinski definition) is 1. The molecule has 0 saturated heterocycles. The Morgan fingerprint density at radius 3 is 1.87 bits per heavy atom. The fourth-order valence-corrected chi connectivity index (χ4v) is 3.02. The Hall–Kier alpha value is -5.85. The van der Waals surface area contributed by atoms with Crippen molar-refractivity contribution in [3.63, 3.8) is 0 Å². The van der Waals surface area contributed by atoms with Gasteiger partial charge in [0, 0.05) is 11.6 Å². The molecule has 3 aromatic rings. The van der Waals surface area contributed by atoms with Crippen LogP contribution < -0.4 is 19.9 Å². The third-order valence-electron chi connectivity index (χ3n) is 4.69. The molecule has 0 unspecified atom stereocenters. The maximum absolute atomic E-state index is 12.3. The Morgan fingerprint density at radius 1 is 0.872 bits per heavy atom. The van der Waals surface area contributed by atoms with Crippen molar-refractivity contribution < 1.29 is 34.1 Å². The van der Waals surface area contributed by atoms with Crippen molar-refractivity contribution in [1.29, 1.82) is 5.39 Å². The molecule has 202 valence electrons. The van der Waals surface area contributed by atoms with Crippen LogP contribution in [0.4, 0.5) is 28.4 Å². The second kappa shape index (κ2) is 13.5. The molecule has 3 aromatic carbocycles. The molecule has 0 fully saturated rings. The van der Waals surface area contributed by atoms with Crippen LogP contribution in [0.25, 0.3) is 4.98 Å². The van der Waals surface area contributed by atoms with Gasteiger partial charge in [0.25, 0.3) is 23.0 Å². The molecule has 0 aliphatic heterocycles. The normalized spacial score (nSPS) is 9.77. The van der Waals surface area contributed by atoms with Crippen LogP contribution in [-0.4, -0.2) is 33.9 Å². The fraction of sp³-hybridized carbons (Fsp3) is 0.174. The Balaban J connectivity index is 0.000000293. The molecule has 1 N–H and O–H groups in total. The van der Waals surface area contributed by atoms with E-state index in [2.05, 4.69) is 10.3 Å². The van der Waals surface area contributed by atoms with Crippen LogP contribution in [0, 0.1) is 35.7 Å². The molecule has 0 aromatic heterocycles. The highest BCUT2D eigenvalue weighted by Crippen LogP contribution is 2.39. The van der Waals surface area contributed by atoms with Gasteiger partial charge >= 0.3 is 5.69 Å². The summed E-state index contributed by atoms with van der Waals surface area (Å²) in [5, 5.41) is 54.0. The lowest BCUT2D eigenvalue weighted by Gasteiger charge is -2.12.